The van der Waals surface area contributed by atoms with E-state index in [9.17, 15) is 14.5 Å². The third kappa shape index (κ3) is 3.93. The summed E-state index contributed by atoms with van der Waals surface area (Å²) in [4.78, 5) is 19.4. The van der Waals surface area contributed by atoms with Gasteiger partial charge in [-0.2, -0.15) is 0 Å². The Morgan fingerprint density at radius 2 is 2.00 bits per heavy atom. The molecular weight excluding hydrogens is 385 g/mol. The van der Waals surface area contributed by atoms with Crippen molar-refractivity contribution in [2.75, 3.05) is 19.8 Å². The van der Waals surface area contributed by atoms with Crippen LogP contribution in [0, 0.1) is 15.9 Å². The SMILES string of the molecule is O=[N+]([O-])C1=C2NCC(Cc3ccc(Cl)nc3)N2CN(Cc2ccc(F)cc2)C1. The van der Waals surface area contributed by atoms with Crippen LogP contribution in [0.5, 0.6) is 0 Å². The second-order valence-electron chi connectivity index (χ2n) is 7.01. The lowest BCUT2D eigenvalue weighted by atomic mass is 10.1. The van der Waals surface area contributed by atoms with E-state index in [-0.39, 0.29) is 29.0 Å². The van der Waals surface area contributed by atoms with Crippen molar-refractivity contribution in [3.63, 3.8) is 0 Å². The van der Waals surface area contributed by atoms with E-state index in [2.05, 4.69) is 10.3 Å². The number of aromatic nitrogens is 1. The average Bonchev–Trinajstić information content (AvgIpc) is 3.07. The van der Waals surface area contributed by atoms with Crippen molar-refractivity contribution in [2.45, 2.75) is 19.0 Å². The summed E-state index contributed by atoms with van der Waals surface area (Å²) in [7, 11) is 0. The van der Waals surface area contributed by atoms with Crippen molar-refractivity contribution in [1.82, 2.24) is 20.1 Å². The maximum atomic E-state index is 13.2. The number of halogens is 2. The van der Waals surface area contributed by atoms with Gasteiger partial charge in [-0.25, -0.2) is 9.37 Å². The minimum Gasteiger partial charge on any atom is -0.364 e. The molecule has 9 heteroatoms. The number of hydrogen-bond acceptors (Lipinski definition) is 6. The first-order valence-corrected chi connectivity index (χ1v) is 9.32. The summed E-state index contributed by atoms with van der Waals surface area (Å²) < 4.78 is 13.2. The highest BCUT2D eigenvalue weighted by Crippen LogP contribution is 2.27. The van der Waals surface area contributed by atoms with E-state index in [1.165, 1.54) is 12.1 Å². The Bertz CT molecular complexity index is 904. The largest absolute Gasteiger partial charge is 0.364 e. The van der Waals surface area contributed by atoms with E-state index in [0.29, 0.717) is 37.2 Å². The van der Waals surface area contributed by atoms with Gasteiger partial charge in [0, 0.05) is 19.3 Å². The van der Waals surface area contributed by atoms with Gasteiger partial charge in [-0.05, 0) is 35.7 Å². The molecule has 0 amide bonds. The normalized spacial score (nSPS) is 19.5. The van der Waals surface area contributed by atoms with Gasteiger partial charge in [-0.1, -0.05) is 29.8 Å². The number of nitro groups is 1. The lowest BCUT2D eigenvalue weighted by Crippen LogP contribution is -2.47. The standard InChI is InChI=1S/C19H19ClFN5O2/c20-18-6-3-14(8-22-18)7-16-9-23-19-17(26(27)28)11-24(12-25(16)19)10-13-1-4-15(21)5-2-13/h1-6,8,16,23H,7,9-12H2. The third-order valence-corrected chi connectivity index (χ3v) is 5.26. The lowest BCUT2D eigenvalue weighted by Gasteiger charge is -2.35. The van der Waals surface area contributed by atoms with Crippen molar-refractivity contribution in [3.05, 3.63) is 86.3 Å². The molecule has 4 rings (SSSR count). The van der Waals surface area contributed by atoms with Gasteiger partial charge in [0.1, 0.15) is 11.0 Å². The monoisotopic (exact) mass is 403 g/mol. The highest BCUT2D eigenvalue weighted by Gasteiger charge is 2.40. The molecule has 1 saturated heterocycles. The first kappa shape index (κ1) is 18.6. The van der Waals surface area contributed by atoms with Crippen LogP contribution in [0.2, 0.25) is 5.15 Å². The molecule has 7 nitrogen and oxygen atoms in total. The highest BCUT2D eigenvalue weighted by atomic mass is 35.5. The number of fused-ring (bicyclic) bond motifs is 1. The summed E-state index contributed by atoms with van der Waals surface area (Å²) >= 11 is 5.85. The average molecular weight is 404 g/mol. The van der Waals surface area contributed by atoms with Gasteiger partial charge in [0.05, 0.1) is 24.2 Å². The fourth-order valence-corrected chi connectivity index (χ4v) is 3.81. The minimum atomic E-state index is -0.321. The quantitative estimate of drug-likeness (QED) is 0.470. The summed E-state index contributed by atoms with van der Waals surface area (Å²) in [6, 6.07) is 9.97. The molecule has 0 aliphatic carbocycles. The molecule has 1 atom stereocenters. The molecule has 1 N–H and O–H groups in total. The molecular formula is C19H19ClFN5O2. The highest BCUT2D eigenvalue weighted by molar-refractivity contribution is 6.29. The Balaban J connectivity index is 1.54. The summed E-state index contributed by atoms with van der Waals surface area (Å²) in [5.74, 6) is 0.295. The van der Waals surface area contributed by atoms with Gasteiger partial charge in [0.25, 0.3) is 5.70 Å². The Morgan fingerprint density at radius 1 is 1.25 bits per heavy atom. The second kappa shape index (κ2) is 7.73. The third-order valence-electron chi connectivity index (χ3n) is 5.03. The van der Waals surface area contributed by atoms with Gasteiger partial charge in [0.2, 0.25) is 0 Å². The molecule has 0 saturated carbocycles. The molecule has 146 valence electrons. The maximum Gasteiger partial charge on any atom is 0.299 e. The molecule has 0 radical (unpaired) electrons. The molecule has 28 heavy (non-hydrogen) atoms. The van der Waals surface area contributed by atoms with Crippen LogP contribution < -0.4 is 5.32 Å². The van der Waals surface area contributed by atoms with Crippen LogP contribution in [0.1, 0.15) is 11.1 Å². The van der Waals surface area contributed by atoms with E-state index in [1.807, 2.05) is 15.9 Å². The predicted molar refractivity (Wildman–Crippen MR) is 102 cm³/mol. The van der Waals surface area contributed by atoms with E-state index in [4.69, 9.17) is 11.6 Å². The van der Waals surface area contributed by atoms with Crippen molar-refractivity contribution in [1.29, 1.82) is 0 Å². The topological polar surface area (TPSA) is 74.5 Å². The van der Waals surface area contributed by atoms with Crippen molar-refractivity contribution in [3.8, 4) is 0 Å². The zero-order valence-corrected chi connectivity index (χ0v) is 15.8. The van der Waals surface area contributed by atoms with Crippen LogP contribution in [-0.4, -0.2) is 45.5 Å². The first-order chi connectivity index (χ1) is 13.5. The first-order valence-electron chi connectivity index (χ1n) is 8.95. The van der Waals surface area contributed by atoms with Crippen molar-refractivity contribution in [2.24, 2.45) is 0 Å². The van der Waals surface area contributed by atoms with E-state index in [1.54, 1.807) is 24.4 Å². The molecule has 0 bridgehead atoms. The molecule has 3 heterocycles. The summed E-state index contributed by atoms with van der Waals surface area (Å²) in [5, 5.41) is 15.3. The van der Waals surface area contributed by atoms with Gasteiger partial charge >= 0.3 is 0 Å². The maximum absolute atomic E-state index is 13.2. The van der Waals surface area contributed by atoms with Crippen LogP contribution in [-0.2, 0) is 13.0 Å². The summed E-state index contributed by atoms with van der Waals surface area (Å²) in [5.41, 5.74) is 2.10. The molecule has 1 aromatic carbocycles. The zero-order valence-electron chi connectivity index (χ0n) is 15.0. The zero-order chi connectivity index (χ0) is 19.7. The van der Waals surface area contributed by atoms with Crippen molar-refractivity contribution >= 4 is 11.6 Å². The van der Waals surface area contributed by atoms with Crippen LogP contribution in [0.4, 0.5) is 4.39 Å². The molecule has 2 aromatic rings. The molecule has 2 aliphatic rings. The Labute approximate surface area is 166 Å². The van der Waals surface area contributed by atoms with Crippen LogP contribution in [0.3, 0.4) is 0 Å². The number of nitrogens with zero attached hydrogens (tertiary/aromatic N) is 4. The lowest BCUT2D eigenvalue weighted by molar-refractivity contribution is -0.432. The van der Waals surface area contributed by atoms with Gasteiger partial charge in [-0.15, -0.1) is 0 Å². The Kier molecular flexibility index (Phi) is 5.15. The van der Waals surface area contributed by atoms with E-state index < -0.39 is 0 Å². The van der Waals surface area contributed by atoms with Crippen molar-refractivity contribution < 1.29 is 9.31 Å². The number of hydrogen-bond donors (Lipinski definition) is 1. The van der Waals surface area contributed by atoms with Gasteiger partial charge in [-0.3, -0.25) is 15.0 Å². The summed E-state index contributed by atoms with van der Waals surface area (Å²) in [6.07, 6.45) is 2.44. The molecule has 1 aromatic heterocycles. The Hall–Kier alpha value is -2.71. The molecule has 0 spiro atoms. The Morgan fingerprint density at radius 3 is 2.68 bits per heavy atom. The smallest absolute Gasteiger partial charge is 0.299 e. The molecule has 1 unspecified atom stereocenters. The summed E-state index contributed by atoms with van der Waals surface area (Å²) in [6.45, 7) is 1.93. The van der Waals surface area contributed by atoms with Gasteiger partial charge in [0.15, 0.2) is 5.82 Å². The second-order valence-corrected chi connectivity index (χ2v) is 7.39. The predicted octanol–water partition coefficient (Wildman–Crippen LogP) is 2.61. The fourth-order valence-electron chi connectivity index (χ4n) is 3.69. The van der Waals surface area contributed by atoms with Crippen LogP contribution in [0.15, 0.2) is 54.1 Å². The van der Waals surface area contributed by atoms with E-state index in [0.717, 1.165) is 11.1 Å². The number of nitrogens with one attached hydrogen (secondary N) is 1. The molecule has 2 aliphatic heterocycles. The minimum absolute atomic E-state index is 0.0731. The van der Waals surface area contributed by atoms with Gasteiger partial charge < -0.3 is 10.2 Å². The number of rotatable bonds is 5. The fraction of sp³-hybridized carbons (Fsp3) is 0.316. The number of benzene rings is 1. The van der Waals surface area contributed by atoms with E-state index >= 15 is 0 Å². The number of pyridine rings is 1. The van der Waals surface area contributed by atoms with Crippen LogP contribution in [0.25, 0.3) is 0 Å². The van der Waals surface area contributed by atoms with Crippen LogP contribution >= 0.6 is 11.6 Å². The molecule has 1 fully saturated rings.